The molecule has 2 nitrogen and oxygen atoms in total. The minimum absolute atomic E-state index is 0.136. The summed E-state index contributed by atoms with van der Waals surface area (Å²) in [5.41, 5.74) is 0. The van der Waals surface area contributed by atoms with E-state index >= 15 is 0 Å². The summed E-state index contributed by atoms with van der Waals surface area (Å²) in [4.78, 5) is 0. The van der Waals surface area contributed by atoms with Crippen LogP contribution in [0.2, 0.25) is 0 Å². The zero-order valence-corrected chi connectivity index (χ0v) is 7.14. The Hall–Kier alpha value is -0.150. The summed E-state index contributed by atoms with van der Waals surface area (Å²) in [6.45, 7) is 5.19. The lowest BCUT2D eigenvalue weighted by molar-refractivity contribution is -0.0495. The van der Waals surface area contributed by atoms with Crippen molar-refractivity contribution in [3.05, 3.63) is 0 Å². The molecule has 1 saturated heterocycles. The van der Waals surface area contributed by atoms with Gasteiger partial charge in [0.05, 0.1) is 12.2 Å². The van der Waals surface area contributed by atoms with E-state index in [1.54, 1.807) is 0 Å². The highest BCUT2D eigenvalue weighted by Crippen LogP contribution is 2.13. The van der Waals surface area contributed by atoms with E-state index < -0.39 is 6.17 Å². The van der Waals surface area contributed by atoms with Crippen molar-refractivity contribution in [1.82, 2.24) is 5.32 Å². The van der Waals surface area contributed by atoms with Crippen LogP contribution in [0.15, 0.2) is 0 Å². The molecular weight excluding hydrogens is 145 g/mol. The second-order valence-corrected chi connectivity index (χ2v) is 3.23. The molecular formula is C8H16FNO. The normalized spacial score (nSPS) is 32.7. The number of alkyl halides is 1. The van der Waals surface area contributed by atoms with E-state index in [-0.39, 0.29) is 12.2 Å². The zero-order chi connectivity index (χ0) is 8.27. The molecule has 3 heteroatoms. The van der Waals surface area contributed by atoms with Crippen molar-refractivity contribution in [3.63, 3.8) is 0 Å². The second-order valence-electron chi connectivity index (χ2n) is 3.23. The van der Waals surface area contributed by atoms with Crippen molar-refractivity contribution in [3.8, 4) is 0 Å². The average molecular weight is 161 g/mol. The van der Waals surface area contributed by atoms with E-state index in [4.69, 9.17) is 4.74 Å². The number of halogens is 1. The topological polar surface area (TPSA) is 21.3 Å². The summed E-state index contributed by atoms with van der Waals surface area (Å²) in [5, 5.41) is 2.98. The molecule has 1 heterocycles. The van der Waals surface area contributed by atoms with E-state index in [1.165, 1.54) is 0 Å². The van der Waals surface area contributed by atoms with Gasteiger partial charge in [0.2, 0.25) is 0 Å². The molecule has 0 unspecified atom stereocenters. The van der Waals surface area contributed by atoms with Crippen LogP contribution < -0.4 is 5.32 Å². The van der Waals surface area contributed by atoms with Crippen LogP contribution in [0.25, 0.3) is 0 Å². The van der Waals surface area contributed by atoms with Gasteiger partial charge >= 0.3 is 0 Å². The number of hydrogen-bond donors (Lipinski definition) is 1. The monoisotopic (exact) mass is 161 g/mol. The highest BCUT2D eigenvalue weighted by Gasteiger charge is 2.25. The predicted molar refractivity (Wildman–Crippen MR) is 42.4 cm³/mol. The first-order valence-corrected chi connectivity index (χ1v) is 4.20. The Kier molecular flexibility index (Phi) is 3.27. The van der Waals surface area contributed by atoms with E-state index in [2.05, 4.69) is 5.32 Å². The van der Waals surface area contributed by atoms with E-state index in [0.29, 0.717) is 6.54 Å². The van der Waals surface area contributed by atoms with Gasteiger partial charge in [0.25, 0.3) is 0 Å². The molecule has 0 amide bonds. The summed E-state index contributed by atoms with van der Waals surface area (Å²) >= 11 is 0. The van der Waals surface area contributed by atoms with Gasteiger partial charge in [-0.1, -0.05) is 0 Å². The van der Waals surface area contributed by atoms with Gasteiger partial charge in [-0.2, -0.15) is 0 Å². The number of hydrogen-bond acceptors (Lipinski definition) is 2. The second kappa shape index (κ2) is 4.02. The lowest BCUT2D eigenvalue weighted by atomic mass is 10.1. The van der Waals surface area contributed by atoms with E-state index in [1.807, 2.05) is 13.8 Å². The molecule has 1 fully saturated rings. The van der Waals surface area contributed by atoms with Gasteiger partial charge in [0.1, 0.15) is 6.17 Å². The molecule has 0 spiro atoms. The minimum atomic E-state index is -0.828. The van der Waals surface area contributed by atoms with Gasteiger partial charge < -0.3 is 10.1 Å². The molecule has 0 aromatic rings. The van der Waals surface area contributed by atoms with Crippen LogP contribution in [-0.4, -0.2) is 31.5 Å². The van der Waals surface area contributed by atoms with Crippen molar-refractivity contribution in [2.75, 3.05) is 13.1 Å². The third-order valence-electron chi connectivity index (χ3n) is 1.80. The van der Waals surface area contributed by atoms with Gasteiger partial charge in [0, 0.05) is 6.54 Å². The third kappa shape index (κ3) is 2.75. The van der Waals surface area contributed by atoms with Gasteiger partial charge in [0.15, 0.2) is 0 Å². The Bertz CT molecular complexity index is 119. The highest BCUT2D eigenvalue weighted by molar-refractivity contribution is 4.78. The fourth-order valence-corrected chi connectivity index (χ4v) is 1.30. The summed E-state index contributed by atoms with van der Waals surface area (Å²) in [7, 11) is 0. The van der Waals surface area contributed by atoms with Crippen molar-refractivity contribution in [2.24, 2.45) is 0 Å². The van der Waals surface area contributed by atoms with Crippen LogP contribution in [0.3, 0.4) is 0 Å². The maximum Gasteiger partial charge on any atom is 0.139 e. The molecule has 1 rings (SSSR count). The minimum Gasteiger partial charge on any atom is -0.372 e. The first kappa shape index (κ1) is 8.94. The van der Waals surface area contributed by atoms with Crippen LogP contribution in [0.1, 0.15) is 20.3 Å². The van der Waals surface area contributed by atoms with Crippen LogP contribution in [0.4, 0.5) is 4.39 Å². The lowest BCUT2D eigenvalue weighted by Crippen LogP contribution is -2.43. The maximum atomic E-state index is 13.0. The van der Waals surface area contributed by atoms with Crippen LogP contribution >= 0.6 is 0 Å². The first-order valence-electron chi connectivity index (χ1n) is 4.20. The van der Waals surface area contributed by atoms with E-state index in [9.17, 15) is 4.39 Å². The maximum absolute atomic E-state index is 13.0. The standard InChI is InChI=1S/C8H16FNO/c1-6(2)11-8-3-4-10-5-7(8)9/h6-8,10H,3-5H2,1-2H3/t7-,8+/m1/s1. The molecule has 0 aromatic carbocycles. The molecule has 0 bridgehead atoms. The molecule has 2 atom stereocenters. The van der Waals surface area contributed by atoms with Crippen molar-refractivity contribution in [1.29, 1.82) is 0 Å². The molecule has 11 heavy (non-hydrogen) atoms. The number of piperidine rings is 1. The highest BCUT2D eigenvalue weighted by atomic mass is 19.1. The van der Waals surface area contributed by atoms with Crippen molar-refractivity contribution >= 4 is 0 Å². The van der Waals surface area contributed by atoms with Crippen molar-refractivity contribution < 1.29 is 9.13 Å². The van der Waals surface area contributed by atoms with Crippen LogP contribution in [0, 0.1) is 0 Å². The number of nitrogens with one attached hydrogen (secondary N) is 1. The van der Waals surface area contributed by atoms with Gasteiger partial charge in [-0.15, -0.1) is 0 Å². The Balaban J connectivity index is 2.29. The molecule has 0 saturated carbocycles. The first-order chi connectivity index (χ1) is 5.20. The average Bonchev–Trinajstić information content (AvgIpc) is 1.93. The molecule has 0 radical (unpaired) electrons. The number of rotatable bonds is 2. The Morgan fingerprint density at radius 2 is 2.27 bits per heavy atom. The summed E-state index contributed by atoms with van der Waals surface area (Å²) in [6, 6.07) is 0. The Morgan fingerprint density at radius 1 is 1.55 bits per heavy atom. The number of ether oxygens (including phenoxy) is 1. The van der Waals surface area contributed by atoms with Gasteiger partial charge in [-0.05, 0) is 26.8 Å². The fourth-order valence-electron chi connectivity index (χ4n) is 1.30. The zero-order valence-electron chi connectivity index (χ0n) is 7.14. The van der Waals surface area contributed by atoms with Crippen molar-refractivity contribution in [2.45, 2.75) is 38.6 Å². The van der Waals surface area contributed by atoms with Crippen LogP contribution in [-0.2, 0) is 4.74 Å². The molecule has 1 N–H and O–H groups in total. The fraction of sp³-hybridized carbons (Fsp3) is 1.00. The van der Waals surface area contributed by atoms with Gasteiger partial charge in [-0.3, -0.25) is 0 Å². The molecule has 66 valence electrons. The third-order valence-corrected chi connectivity index (χ3v) is 1.80. The SMILES string of the molecule is CC(C)O[C@H]1CCNC[C@H]1F. The van der Waals surface area contributed by atoms with E-state index in [0.717, 1.165) is 13.0 Å². The molecule has 0 aromatic heterocycles. The summed E-state index contributed by atoms with van der Waals surface area (Å²) in [5.74, 6) is 0. The Morgan fingerprint density at radius 3 is 2.82 bits per heavy atom. The smallest absolute Gasteiger partial charge is 0.139 e. The summed E-state index contributed by atoms with van der Waals surface area (Å²) < 4.78 is 18.4. The largest absolute Gasteiger partial charge is 0.372 e. The van der Waals surface area contributed by atoms with Crippen LogP contribution in [0.5, 0.6) is 0 Å². The quantitative estimate of drug-likeness (QED) is 0.655. The Labute approximate surface area is 67.1 Å². The molecule has 0 aliphatic carbocycles. The molecule has 1 aliphatic rings. The van der Waals surface area contributed by atoms with Gasteiger partial charge in [-0.25, -0.2) is 4.39 Å². The lowest BCUT2D eigenvalue weighted by Gasteiger charge is -2.28. The molecule has 1 aliphatic heterocycles. The summed E-state index contributed by atoms with van der Waals surface area (Å²) in [6.07, 6.45) is -0.0851. The predicted octanol–water partition coefficient (Wildman–Crippen LogP) is 1.11.